The van der Waals surface area contributed by atoms with E-state index < -0.39 is 0 Å². The molecule has 8 nitrogen and oxygen atoms in total. The van der Waals surface area contributed by atoms with Crippen LogP contribution in [0.4, 0.5) is 5.82 Å². The molecule has 1 N–H and O–H groups in total. The van der Waals surface area contributed by atoms with Crippen molar-refractivity contribution in [3.05, 3.63) is 26.5 Å². The SMILES string of the molecule is [N-]=[N+]=NCC1CC(=O)N(c2ncnc3[nH]cc(I)c23)C1. The van der Waals surface area contributed by atoms with Crippen LogP contribution in [0.1, 0.15) is 6.42 Å². The van der Waals surface area contributed by atoms with Crippen molar-refractivity contribution >= 4 is 45.3 Å². The van der Waals surface area contributed by atoms with Gasteiger partial charge in [0.2, 0.25) is 5.91 Å². The molecule has 0 spiro atoms. The van der Waals surface area contributed by atoms with Gasteiger partial charge in [-0.25, -0.2) is 9.97 Å². The first kappa shape index (κ1) is 13.1. The number of hydrogen-bond donors (Lipinski definition) is 1. The van der Waals surface area contributed by atoms with Gasteiger partial charge in [0.15, 0.2) is 0 Å². The molecule has 3 heterocycles. The van der Waals surface area contributed by atoms with E-state index in [-0.39, 0.29) is 11.8 Å². The highest BCUT2D eigenvalue weighted by Gasteiger charge is 2.32. The average Bonchev–Trinajstić information content (AvgIpc) is 3.00. The summed E-state index contributed by atoms with van der Waals surface area (Å²) in [6, 6.07) is 0. The maximum atomic E-state index is 12.1. The molecule has 1 atom stereocenters. The highest BCUT2D eigenvalue weighted by molar-refractivity contribution is 14.1. The van der Waals surface area contributed by atoms with Gasteiger partial charge < -0.3 is 4.98 Å². The van der Waals surface area contributed by atoms with E-state index >= 15 is 0 Å². The van der Waals surface area contributed by atoms with E-state index in [0.717, 1.165) is 8.96 Å². The van der Waals surface area contributed by atoms with Crippen LogP contribution in [0.3, 0.4) is 0 Å². The van der Waals surface area contributed by atoms with Crippen LogP contribution in [0.15, 0.2) is 17.6 Å². The third-order valence-corrected chi connectivity index (χ3v) is 4.12. The quantitative estimate of drug-likeness (QED) is 0.380. The number of aromatic amines is 1. The Labute approximate surface area is 127 Å². The second kappa shape index (κ2) is 5.25. The molecule has 0 radical (unpaired) electrons. The van der Waals surface area contributed by atoms with E-state index in [4.69, 9.17) is 5.53 Å². The molecule has 2 aromatic rings. The van der Waals surface area contributed by atoms with Crippen LogP contribution in [-0.2, 0) is 4.79 Å². The van der Waals surface area contributed by atoms with Gasteiger partial charge >= 0.3 is 0 Å². The number of aromatic nitrogens is 3. The number of H-pyrrole nitrogens is 1. The van der Waals surface area contributed by atoms with Crippen molar-refractivity contribution in [2.24, 2.45) is 11.0 Å². The molecule has 3 rings (SSSR count). The zero-order chi connectivity index (χ0) is 14.1. The fourth-order valence-corrected chi connectivity index (χ4v) is 3.03. The molecule has 20 heavy (non-hydrogen) atoms. The van der Waals surface area contributed by atoms with Gasteiger partial charge in [-0.15, -0.1) is 0 Å². The van der Waals surface area contributed by atoms with Gasteiger partial charge in [-0.3, -0.25) is 9.69 Å². The first-order valence-corrected chi connectivity index (χ1v) is 7.07. The minimum absolute atomic E-state index is 0.000129. The molecule has 0 saturated carbocycles. The Bertz CT molecular complexity index is 721. The van der Waals surface area contributed by atoms with Crippen molar-refractivity contribution < 1.29 is 4.79 Å². The third-order valence-electron chi connectivity index (χ3n) is 3.27. The summed E-state index contributed by atoms with van der Waals surface area (Å²) in [7, 11) is 0. The van der Waals surface area contributed by atoms with E-state index in [9.17, 15) is 4.79 Å². The number of nitrogens with one attached hydrogen (secondary N) is 1. The van der Waals surface area contributed by atoms with Gasteiger partial charge in [0, 0.05) is 34.2 Å². The van der Waals surface area contributed by atoms with E-state index in [1.165, 1.54) is 6.33 Å². The number of carbonyl (C=O) groups excluding carboxylic acids is 1. The molecule has 1 fully saturated rings. The van der Waals surface area contributed by atoms with Gasteiger partial charge in [-0.05, 0) is 34.0 Å². The molecule has 1 amide bonds. The number of anilines is 1. The van der Waals surface area contributed by atoms with Crippen LogP contribution in [0.25, 0.3) is 21.5 Å². The molecule has 1 aliphatic rings. The van der Waals surface area contributed by atoms with E-state index in [1.807, 2.05) is 6.20 Å². The molecular formula is C11H10IN7O. The molecule has 0 bridgehead atoms. The normalized spacial score (nSPS) is 18.6. The van der Waals surface area contributed by atoms with Gasteiger partial charge in [0.05, 0.1) is 5.39 Å². The van der Waals surface area contributed by atoms with Crippen LogP contribution in [-0.4, -0.2) is 33.9 Å². The second-order valence-corrected chi connectivity index (χ2v) is 5.71. The third kappa shape index (κ3) is 2.18. The van der Waals surface area contributed by atoms with Crippen LogP contribution < -0.4 is 4.90 Å². The Hall–Kier alpha value is -1.87. The molecule has 1 saturated heterocycles. The number of nitrogens with zero attached hydrogens (tertiary/aromatic N) is 6. The van der Waals surface area contributed by atoms with Crippen LogP contribution in [0.5, 0.6) is 0 Å². The molecule has 1 aliphatic heterocycles. The van der Waals surface area contributed by atoms with Crippen LogP contribution in [0.2, 0.25) is 0 Å². The Morgan fingerprint density at radius 1 is 1.60 bits per heavy atom. The highest BCUT2D eigenvalue weighted by atomic mass is 127. The summed E-state index contributed by atoms with van der Waals surface area (Å²) in [6.07, 6.45) is 3.66. The lowest BCUT2D eigenvalue weighted by Crippen LogP contribution is -2.26. The maximum absolute atomic E-state index is 12.1. The van der Waals surface area contributed by atoms with Crippen molar-refractivity contribution in [1.29, 1.82) is 0 Å². The van der Waals surface area contributed by atoms with Crippen LogP contribution in [0, 0.1) is 9.49 Å². The smallest absolute Gasteiger partial charge is 0.228 e. The van der Waals surface area contributed by atoms with Gasteiger partial charge in [0.25, 0.3) is 0 Å². The minimum Gasteiger partial charge on any atom is -0.345 e. The Morgan fingerprint density at radius 2 is 2.45 bits per heavy atom. The molecule has 102 valence electrons. The lowest BCUT2D eigenvalue weighted by Gasteiger charge is -2.16. The monoisotopic (exact) mass is 383 g/mol. The topological polar surface area (TPSA) is 111 Å². The fraction of sp³-hybridized carbons (Fsp3) is 0.364. The summed E-state index contributed by atoms with van der Waals surface area (Å²) in [5.41, 5.74) is 9.07. The number of rotatable bonds is 3. The molecular weight excluding hydrogens is 373 g/mol. The van der Waals surface area contributed by atoms with Gasteiger partial charge in [-0.2, -0.15) is 0 Å². The molecule has 1 unspecified atom stereocenters. The molecule has 0 aromatic carbocycles. The first-order chi connectivity index (χ1) is 9.70. The zero-order valence-corrected chi connectivity index (χ0v) is 12.5. The molecule has 2 aromatic heterocycles. The zero-order valence-electron chi connectivity index (χ0n) is 10.3. The highest BCUT2D eigenvalue weighted by Crippen LogP contribution is 2.31. The first-order valence-electron chi connectivity index (χ1n) is 5.99. The maximum Gasteiger partial charge on any atom is 0.228 e. The number of fused-ring (bicyclic) bond motifs is 1. The lowest BCUT2D eigenvalue weighted by atomic mass is 10.1. The fourth-order valence-electron chi connectivity index (χ4n) is 2.37. The standard InChI is InChI=1S/C11H10IN7O/c12-7-3-14-10-9(7)11(16-5-15-10)19-4-6(1-8(19)20)2-17-18-13/h3,5-6H,1-2,4H2,(H,14,15,16). The van der Waals surface area contributed by atoms with E-state index in [0.29, 0.717) is 31.0 Å². The molecule has 9 heteroatoms. The summed E-state index contributed by atoms with van der Waals surface area (Å²) in [4.78, 5) is 28.0. The van der Waals surface area contributed by atoms with Crippen molar-refractivity contribution in [3.8, 4) is 0 Å². The van der Waals surface area contributed by atoms with Crippen molar-refractivity contribution in [1.82, 2.24) is 15.0 Å². The van der Waals surface area contributed by atoms with E-state index in [2.05, 4.69) is 47.6 Å². The number of amides is 1. The Balaban J connectivity index is 1.97. The van der Waals surface area contributed by atoms with Crippen LogP contribution >= 0.6 is 22.6 Å². The van der Waals surface area contributed by atoms with Crippen molar-refractivity contribution in [2.75, 3.05) is 18.0 Å². The number of carbonyl (C=O) groups is 1. The van der Waals surface area contributed by atoms with Crippen molar-refractivity contribution in [2.45, 2.75) is 6.42 Å². The summed E-state index contributed by atoms with van der Waals surface area (Å²) in [5, 5.41) is 4.40. The number of hydrogen-bond acceptors (Lipinski definition) is 4. The number of azide groups is 1. The van der Waals surface area contributed by atoms with Gasteiger partial charge in [-0.1, -0.05) is 5.11 Å². The predicted molar refractivity (Wildman–Crippen MR) is 81.1 cm³/mol. The Morgan fingerprint density at radius 3 is 3.25 bits per heavy atom. The average molecular weight is 383 g/mol. The predicted octanol–water partition coefficient (Wildman–Crippen LogP) is 2.23. The summed E-state index contributed by atoms with van der Waals surface area (Å²) in [6.45, 7) is 0.850. The summed E-state index contributed by atoms with van der Waals surface area (Å²) in [5.74, 6) is 0.661. The van der Waals surface area contributed by atoms with E-state index in [1.54, 1.807) is 4.90 Å². The Kier molecular flexibility index (Phi) is 3.45. The summed E-state index contributed by atoms with van der Waals surface area (Å²) >= 11 is 2.18. The van der Waals surface area contributed by atoms with Crippen molar-refractivity contribution in [3.63, 3.8) is 0 Å². The van der Waals surface area contributed by atoms with Gasteiger partial charge in [0.1, 0.15) is 17.8 Å². The molecule has 0 aliphatic carbocycles. The second-order valence-electron chi connectivity index (χ2n) is 4.55. The summed E-state index contributed by atoms with van der Waals surface area (Å²) < 4.78 is 0.972. The minimum atomic E-state index is 0.000129. The lowest BCUT2D eigenvalue weighted by molar-refractivity contribution is -0.117. The number of halogens is 1. The largest absolute Gasteiger partial charge is 0.345 e.